The molecule has 2 aromatic carbocycles. The van der Waals surface area contributed by atoms with Crippen molar-refractivity contribution in [2.45, 2.75) is 49.6 Å². The van der Waals surface area contributed by atoms with Crippen LogP contribution < -0.4 is 10.1 Å². The summed E-state index contributed by atoms with van der Waals surface area (Å²) in [6.45, 7) is 2.02. The summed E-state index contributed by atoms with van der Waals surface area (Å²) in [7, 11) is -3.66. The number of ether oxygens (including phenoxy) is 1. The number of hydrogen-bond acceptors (Lipinski definition) is 5. The molecule has 0 aromatic heterocycles. The van der Waals surface area contributed by atoms with E-state index in [-0.39, 0.29) is 4.90 Å². The van der Waals surface area contributed by atoms with E-state index in [1.54, 1.807) is 18.2 Å². The molecule has 7 heteroatoms. The van der Waals surface area contributed by atoms with Gasteiger partial charge in [0.1, 0.15) is 16.5 Å². The normalized spacial score (nSPS) is 20.0. The Morgan fingerprint density at radius 2 is 1.93 bits per heavy atom. The van der Waals surface area contributed by atoms with Gasteiger partial charge in [-0.05, 0) is 42.2 Å². The predicted molar refractivity (Wildman–Crippen MR) is 113 cm³/mol. The molecule has 3 aliphatic rings. The minimum Gasteiger partial charge on any atom is -0.493 e. The second-order valence-electron chi connectivity index (χ2n) is 8.02. The highest BCUT2D eigenvalue weighted by atomic mass is 32.2. The second-order valence-corrected chi connectivity index (χ2v) is 9.59. The molecule has 2 aromatic rings. The lowest BCUT2D eigenvalue weighted by Gasteiger charge is -2.30. The molecule has 2 aliphatic heterocycles. The van der Waals surface area contributed by atoms with E-state index in [0.29, 0.717) is 24.1 Å². The molecule has 6 nitrogen and oxygen atoms in total. The van der Waals surface area contributed by atoms with Crippen molar-refractivity contribution in [3.05, 3.63) is 53.6 Å². The molecular weight excluding hydrogens is 386 g/mol. The Kier molecular flexibility index (Phi) is 4.80. The monoisotopic (exact) mass is 411 g/mol. The van der Waals surface area contributed by atoms with Crippen LogP contribution in [-0.2, 0) is 23.0 Å². The van der Waals surface area contributed by atoms with Gasteiger partial charge < -0.3 is 10.1 Å². The van der Waals surface area contributed by atoms with Gasteiger partial charge in [0.25, 0.3) is 10.0 Å². The molecule has 1 aliphatic carbocycles. The Morgan fingerprint density at radius 3 is 2.79 bits per heavy atom. The van der Waals surface area contributed by atoms with Crippen LogP contribution in [0.15, 0.2) is 51.8 Å². The average Bonchev–Trinajstić information content (AvgIpc) is 3.39. The summed E-state index contributed by atoms with van der Waals surface area (Å²) < 4.78 is 34.9. The van der Waals surface area contributed by atoms with E-state index in [2.05, 4.69) is 32.8 Å². The number of anilines is 1. The zero-order chi connectivity index (χ0) is 19.8. The van der Waals surface area contributed by atoms with Gasteiger partial charge in [-0.25, -0.2) is 0 Å². The van der Waals surface area contributed by atoms with Crippen LogP contribution in [0.2, 0.25) is 0 Å². The number of para-hydroxylation sites is 1. The van der Waals surface area contributed by atoms with Crippen LogP contribution in [0.1, 0.15) is 36.8 Å². The maximum absolute atomic E-state index is 12.6. The first-order chi connectivity index (χ1) is 14.1. The van der Waals surface area contributed by atoms with Crippen LogP contribution in [0, 0.1) is 0 Å². The smallest absolute Gasteiger partial charge is 0.286 e. The van der Waals surface area contributed by atoms with E-state index in [4.69, 9.17) is 4.74 Å². The first-order valence-electron chi connectivity index (χ1n) is 10.3. The molecule has 0 atom stereocenters. The van der Waals surface area contributed by atoms with Gasteiger partial charge in [-0.15, -0.1) is 4.40 Å². The summed E-state index contributed by atoms with van der Waals surface area (Å²) in [4.78, 5) is 2.62. The maximum Gasteiger partial charge on any atom is 0.286 e. The summed E-state index contributed by atoms with van der Waals surface area (Å²) in [5.41, 5.74) is 3.11. The van der Waals surface area contributed by atoms with E-state index in [1.807, 2.05) is 6.07 Å². The van der Waals surface area contributed by atoms with Crippen molar-refractivity contribution < 1.29 is 13.2 Å². The summed E-state index contributed by atoms with van der Waals surface area (Å²) in [6, 6.07) is 13.8. The molecular formula is C22H25N3O3S. The number of amidine groups is 1. The highest BCUT2D eigenvalue weighted by Gasteiger charge is 2.29. The quantitative estimate of drug-likeness (QED) is 0.814. The first kappa shape index (κ1) is 18.6. The molecule has 152 valence electrons. The number of hydrogen-bond donors (Lipinski definition) is 1. The van der Waals surface area contributed by atoms with Gasteiger partial charge in [-0.2, -0.15) is 8.42 Å². The van der Waals surface area contributed by atoms with Gasteiger partial charge >= 0.3 is 0 Å². The van der Waals surface area contributed by atoms with Crippen molar-refractivity contribution in [1.29, 1.82) is 0 Å². The zero-order valence-electron chi connectivity index (χ0n) is 16.3. The number of nitrogens with one attached hydrogen (secondary N) is 1. The molecule has 0 radical (unpaired) electrons. The lowest BCUT2D eigenvalue weighted by Crippen LogP contribution is -2.40. The maximum atomic E-state index is 12.6. The molecule has 29 heavy (non-hydrogen) atoms. The molecule has 0 unspecified atom stereocenters. The Bertz CT molecular complexity index is 1060. The minimum absolute atomic E-state index is 0.245. The van der Waals surface area contributed by atoms with Gasteiger partial charge in [-0.3, -0.25) is 4.90 Å². The molecule has 0 bridgehead atoms. The third-order valence-corrected chi connectivity index (χ3v) is 7.38. The predicted octanol–water partition coefficient (Wildman–Crippen LogP) is 3.58. The van der Waals surface area contributed by atoms with Crippen LogP contribution in [-0.4, -0.2) is 38.3 Å². The van der Waals surface area contributed by atoms with Crippen LogP contribution in [0.5, 0.6) is 5.75 Å². The van der Waals surface area contributed by atoms with Crippen molar-refractivity contribution in [3.63, 3.8) is 0 Å². The zero-order valence-corrected chi connectivity index (χ0v) is 17.1. The Labute approximate surface area is 171 Å². The Balaban J connectivity index is 1.40. The van der Waals surface area contributed by atoms with Crippen molar-refractivity contribution in [2.24, 2.45) is 4.40 Å². The summed E-state index contributed by atoms with van der Waals surface area (Å²) >= 11 is 0. The fraction of sp³-hybridized carbons (Fsp3) is 0.409. The molecule has 0 spiro atoms. The second kappa shape index (κ2) is 7.46. The molecule has 2 heterocycles. The van der Waals surface area contributed by atoms with Crippen LogP contribution in [0.3, 0.4) is 0 Å². The minimum atomic E-state index is -3.66. The summed E-state index contributed by atoms with van der Waals surface area (Å²) in [5.74, 6) is 1.49. The summed E-state index contributed by atoms with van der Waals surface area (Å²) in [5, 5.41) is 3.24. The van der Waals surface area contributed by atoms with Gasteiger partial charge in [0.15, 0.2) is 0 Å². The lowest BCUT2D eigenvalue weighted by molar-refractivity contribution is 0.218. The highest BCUT2D eigenvalue weighted by Crippen LogP contribution is 2.30. The van der Waals surface area contributed by atoms with Gasteiger partial charge in [-0.1, -0.05) is 37.1 Å². The number of rotatable bonds is 5. The molecule has 5 rings (SSSR count). The molecule has 0 amide bonds. The lowest BCUT2D eigenvalue weighted by atomic mass is 10.1. The van der Waals surface area contributed by atoms with E-state index >= 15 is 0 Å². The van der Waals surface area contributed by atoms with Crippen molar-refractivity contribution in [3.8, 4) is 5.75 Å². The van der Waals surface area contributed by atoms with Crippen LogP contribution in [0.25, 0.3) is 0 Å². The fourth-order valence-corrected chi connectivity index (χ4v) is 5.72. The number of sulfonamides is 1. The van der Waals surface area contributed by atoms with Crippen LogP contribution in [0.4, 0.5) is 5.69 Å². The Hall–Kier alpha value is -2.38. The first-order valence-corrected chi connectivity index (χ1v) is 11.7. The summed E-state index contributed by atoms with van der Waals surface area (Å²) in [6.07, 6.45) is 5.69. The molecule has 1 saturated carbocycles. The number of benzene rings is 2. The van der Waals surface area contributed by atoms with Crippen LogP contribution >= 0.6 is 0 Å². The fourth-order valence-electron chi connectivity index (χ4n) is 4.58. The third kappa shape index (κ3) is 3.76. The van der Waals surface area contributed by atoms with Crippen molar-refractivity contribution >= 4 is 21.5 Å². The largest absolute Gasteiger partial charge is 0.493 e. The van der Waals surface area contributed by atoms with Gasteiger partial charge in [0, 0.05) is 19.0 Å². The van der Waals surface area contributed by atoms with Gasteiger partial charge in [0.2, 0.25) is 0 Å². The molecule has 1 fully saturated rings. The van der Waals surface area contributed by atoms with Gasteiger partial charge in [0.05, 0.1) is 18.8 Å². The highest BCUT2D eigenvalue weighted by molar-refractivity contribution is 7.90. The van der Waals surface area contributed by atoms with E-state index < -0.39 is 10.0 Å². The van der Waals surface area contributed by atoms with Crippen molar-refractivity contribution in [2.75, 3.05) is 18.5 Å². The molecule has 0 saturated heterocycles. The average molecular weight is 412 g/mol. The molecule has 1 N–H and O–H groups in total. The Morgan fingerprint density at radius 1 is 1.10 bits per heavy atom. The number of nitrogens with zero attached hydrogens (tertiary/aromatic N) is 2. The topological polar surface area (TPSA) is 71.0 Å². The van der Waals surface area contributed by atoms with E-state index in [1.165, 1.54) is 24.0 Å². The van der Waals surface area contributed by atoms with E-state index in [0.717, 1.165) is 38.2 Å². The number of fused-ring (bicyclic) bond motifs is 2. The SMILES string of the molecule is O=S1(=O)N=C(CN(Cc2ccc3c(c2)CCO3)C2CCCC2)Nc2ccccc21. The van der Waals surface area contributed by atoms with Crippen molar-refractivity contribution in [1.82, 2.24) is 4.90 Å². The van der Waals surface area contributed by atoms with E-state index in [9.17, 15) is 8.42 Å². The standard InChI is InChI=1S/C22H25N3O3S/c26-29(27)21-8-4-3-7-19(21)23-22(24-29)15-25(18-5-1-2-6-18)14-16-9-10-20-17(13-16)11-12-28-20/h3-4,7-10,13,18H,1-2,5-6,11-12,14-15H2,(H,23,24). The third-order valence-electron chi connectivity index (χ3n) is 6.01.